The van der Waals surface area contributed by atoms with Gasteiger partial charge >= 0.3 is 0 Å². The first-order valence-electron chi connectivity index (χ1n) is 8.10. The molecule has 4 heteroatoms. The van der Waals surface area contributed by atoms with Crippen LogP contribution in [-0.4, -0.2) is 29.0 Å². The zero-order valence-electron chi connectivity index (χ0n) is 12.8. The zero-order valence-corrected chi connectivity index (χ0v) is 12.8. The van der Waals surface area contributed by atoms with Gasteiger partial charge in [-0.3, -0.25) is 4.90 Å². The molecule has 2 N–H and O–H groups in total. The van der Waals surface area contributed by atoms with E-state index >= 15 is 0 Å². The van der Waals surface area contributed by atoms with Crippen LogP contribution in [0, 0.1) is 5.92 Å². The molecule has 2 aromatic rings. The van der Waals surface area contributed by atoms with E-state index < -0.39 is 0 Å². The molecule has 0 amide bonds. The van der Waals surface area contributed by atoms with Gasteiger partial charge < -0.3 is 10.2 Å². The highest BCUT2D eigenvalue weighted by Gasteiger charge is 2.29. The molecule has 0 radical (unpaired) electrons. The minimum absolute atomic E-state index is 0.573. The molecule has 0 spiro atoms. The van der Waals surface area contributed by atoms with Crippen LogP contribution in [0.5, 0.6) is 0 Å². The average Bonchev–Trinajstić information content (AvgIpc) is 2.95. The van der Waals surface area contributed by atoms with Crippen molar-refractivity contribution in [3.63, 3.8) is 0 Å². The second-order valence-corrected chi connectivity index (χ2v) is 5.99. The maximum Gasteiger partial charge on any atom is 0.209 e. The Bertz CT molecular complexity index is 547. The van der Waals surface area contributed by atoms with E-state index in [-0.39, 0.29) is 0 Å². The molecule has 114 valence electrons. The summed E-state index contributed by atoms with van der Waals surface area (Å²) in [6.45, 7) is 4.80. The van der Waals surface area contributed by atoms with Crippen LogP contribution >= 0.6 is 0 Å². The van der Waals surface area contributed by atoms with Crippen molar-refractivity contribution in [1.29, 1.82) is 0 Å². The molecule has 2 atom stereocenters. The van der Waals surface area contributed by atoms with Crippen LogP contribution < -0.4 is 5.73 Å². The second-order valence-electron chi connectivity index (χ2n) is 5.99. The molecule has 1 aromatic carbocycles. The summed E-state index contributed by atoms with van der Waals surface area (Å²) < 4.78 is 5.88. The van der Waals surface area contributed by atoms with E-state index in [9.17, 15) is 0 Å². The first kappa shape index (κ1) is 14.5. The molecule has 1 fully saturated rings. The number of rotatable bonds is 5. The third-order valence-corrected chi connectivity index (χ3v) is 4.72. The Labute approximate surface area is 126 Å². The number of nitrogens with two attached hydrogens (primary N) is 1. The summed E-state index contributed by atoms with van der Waals surface area (Å²) in [7, 11) is 0. The number of benzene rings is 1. The van der Waals surface area contributed by atoms with E-state index in [2.05, 4.69) is 16.8 Å². The van der Waals surface area contributed by atoms with Crippen molar-refractivity contribution in [2.75, 3.05) is 13.1 Å². The van der Waals surface area contributed by atoms with Crippen molar-refractivity contribution in [3.05, 3.63) is 30.2 Å². The van der Waals surface area contributed by atoms with Crippen molar-refractivity contribution >= 4 is 11.1 Å². The Morgan fingerprint density at radius 1 is 1.29 bits per heavy atom. The smallest absolute Gasteiger partial charge is 0.209 e. The predicted octanol–water partition coefficient (Wildman–Crippen LogP) is 3.17. The maximum atomic E-state index is 5.98. The van der Waals surface area contributed by atoms with Gasteiger partial charge in [-0.25, -0.2) is 4.98 Å². The highest BCUT2D eigenvalue weighted by Crippen LogP contribution is 2.29. The summed E-state index contributed by atoms with van der Waals surface area (Å²) in [5, 5.41) is 0. The van der Waals surface area contributed by atoms with E-state index in [0.29, 0.717) is 12.0 Å². The van der Waals surface area contributed by atoms with Gasteiger partial charge in [0.25, 0.3) is 0 Å². The highest BCUT2D eigenvalue weighted by atomic mass is 16.3. The first-order chi connectivity index (χ1) is 10.3. The number of oxazole rings is 1. The monoisotopic (exact) mass is 287 g/mol. The van der Waals surface area contributed by atoms with Gasteiger partial charge in [0.1, 0.15) is 5.52 Å². The molecule has 1 aliphatic carbocycles. The number of para-hydroxylation sites is 2. The van der Waals surface area contributed by atoms with Crippen LogP contribution in [-0.2, 0) is 6.54 Å². The third kappa shape index (κ3) is 3.11. The number of hydrogen-bond donors (Lipinski definition) is 1. The molecule has 2 unspecified atom stereocenters. The fraction of sp³-hybridized carbons (Fsp3) is 0.588. The summed E-state index contributed by atoms with van der Waals surface area (Å²) in [5.41, 5.74) is 7.80. The summed E-state index contributed by atoms with van der Waals surface area (Å²) >= 11 is 0. The standard InChI is InChI=1S/C17H25N3O/c1-2-20(15-9-5-3-7-13(15)11-18)12-17-19-14-8-4-6-10-16(14)21-17/h4,6,8,10,13,15H,2-3,5,7,9,11-12,18H2,1H3. The van der Waals surface area contributed by atoms with Gasteiger partial charge in [-0.2, -0.15) is 0 Å². The van der Waals surface area contributed by atoms with Gasteiger partial charge in [-0.05, 0) is 44.0 Å². The number of hydrogen-bond acceptors (Lipinski definition) is 4. The van der Waals surface area contributed by atoms with Gasteiger partial charge in [-0.15, -0.1) is 0 Å². The van der Waals surface area contributed by atoms with Crippen molar-refractivity contribution in [1.82, 2.24) is 9.88 Å². The number of nitrogens with zero attached hydrogens (tertiary/aromatic N) is 2. The molecule has 21 heavy (non-hydrogen) atoms. The zero-order chi connectivity index (χ0) is 14.7. The Kier molecular flexibility index (Phi) is 4.56. The van der Waals surface area contributed by atoms with Crippen LogP contribution in [0.4, 0.5) is 0 Å². The van der Waals surface area contributed by atoms with Gasteiger partial charge in [-0.1, -0.05) is 31.9 Å². The Morgan fingerprint density at radius 2 is 2.10 bits per heavy atom. The van der Waals surface area contributed by atoms with Crippen LogP contribution in [0.15, 0.2) is 28.7 Å². The lowest BCUT2D eigenvalue weighted by molar-refractivity contribution is 0.0973. The van der Waals surface area contributed by atoms with Crippen molar-refractivity contribution in [2.24, 2.45) is 11.7 Å². The average molecular weight is 287 g/mol. The van der Waals surface area contributed by atoms with Gasteiger partial charge in [0.05, 0.1) is 6.54 Å². The first-order valence-corrected chi connectivity index (χ1v) is 8.10. The summed E-state index contributed by atoms with van der Waals surface area (Å²) in [4.78, 5) is 7.09. The van der Waals surface area contributed by atoms with E-state index in [4.69, 9.17) is 10.2 Å². The molecule has 0 bridgehead atoms. The topological polar surface area (TPSA) is 55.3 Å². The van der Waals surface area contributed by atoms with Crippen molar-refractivity contribution < 1.29 is 4.42 Å². The van der Waals surface area contributed by atoms with Gasteiger partial charge in [0.15, 0.2) is 5.58 Å². The molecule has 4 nitrogen and oxygen atoms in total. The minimum Gasteiger partial charge on any atom is -0.439 e. The summed E-state index contributed by atoms with van der Waals surface area (Å²) in [6.07, 6.45) is 5.13. The molecular formula is C17H25N3O. The Hall–Kier alpha value is -1.39. The van der Waals surface area contributed by atoms with Crippen LogP contribution in [0.3, 0.4) is 0 Å². The molecule has 0 saturated heterocycles. The van der Waals surface area contributed by atoms with E-state index in [1.807, 2.05) is 24.3 Å². The molecule has 3 rings (SSSR count). The van der Waals surface area contributed by atoms with E-state index in [1.54, 1.807) is 0 Å². The maximum absolute atomic E-state index is 5.98. The predicted molar refractivity (Wildman–Crippen MR) is 84.9 cm³/mol. The SMILES string of the molecule is CCN(Cc1nc2ccccc2o1)C1CCCCC1CN. The minimum atomic E-state index is 0.573. The quantitative estimate of drug-likeness (QED) is 0.917. The lowest BCUT2D eigenvalue weighted by Gasteiger charge is -2.38. The molecule has 1 aliphatic rings. The molecule has 1 heterocycles. The summed E-state index contributed by atoms with van der Waals surface area (Å²) in [5.74, 6) is 1.43. The van der Waals surface area contributed by atoms with Crippen LogP contribution in [0.25, 0.3) is 11.1 Å². The van der Waals surface area contributed by atoms with Gasteiger partial charge in [0, 0.05) is 6.04 Å². The molecule has 1 aromatic heterocycles. The van der Waals surface area contributed by atoms with Gasteiger partial charge in [0.2, 0.25) is 5.89 Å². The lowest BCUT2D eigenvalue weighted by atomic mass is 9.83. The summed E-state index contributed by atoms with van der Waals surface area (Å²) in [6, 6.07) is 8.54. The molecule has 1 saturated carbocycles. The molecular weight excluding hydrogens is 262 g/mol. The number of fused-ring (bicyclic) bond motifs is 1. The van der Waals surface area contributed by atoms with Crippen molar-refractivity contribution in [3.8, 4) is 0 Å². The third-order valence-electron chi connectivity index (χ3n) is 4.72. The Balaban J connectivity index is 1.76. The van der Waals surface area contributed by atoms with Crippen molar-refractivity contribution in [2.45, 2.75) is 45.2 Å². The fourth-order valence-corrected chi connectivity index (χ4v) is 3.57. The van der Waals surface area contributed by atoms with E-state index in [1.165, 1.54) is 25.7 Å². The normalized spacial score (nSPS) is 23.0. The lowest BCUT2D eigenvalue weighted by Crippen LogP contribution is -2.44. The fourth-order valence-electron chi connectivity index (χ4n) is 3.57. The van der Waals surface area contributed by atoms with Crippen LogP contribution in [0.1, 0.15) is 38.5 Å². The van der Waals surface area contributed by atoms with Crippen LogP contribution in [0.2, 0.25) is 0 Å². The van der Waals surface area contributed by atoms with E-state index in [0.717, 1.165) is 36.6 Å². The second kappa shape index (κ2) is 6.58. The largest absolute Gasteiger partial charge is 0.439 e. The Morgan fingerprint density at radius 3 is 2.86 bits per heavy atom. The molecule has 0 aliphatic heterocycles. The number of aromatic nitrogens is 1. The highest BCUT2D eigenvalue weighted by molar-refractivity contribution is 5.72.